The average Bonchev–Trinajstić information content (AvgIpc) is 2.98. The molecule has 0 spiro atoms. The van der Waals surface area contributed by atoms with E-state index in [4.69, 9.17) is 4.42 Å². The first-order valence-corrected chi connectivity index (χ1v) is 9.19. The van der Waals surface area contributed by atoms with Gasteiger partial charge in [0, 0.05) is 30.6 Å². The molecule has 1 aliphatic rings. The number of carbonyl (C=O) groups is 1. The molecule has 1 fully saturated rings. The Morgan fingerprint density at radius 3 is 2.52 bits per heavy atom. The van der Waals surface area contributed by atoms with E-state index < -0.39 is 0 Å². The zero-order valence-electron chi connectivity index (χ0n) is 16.4. The quantitative estimate of drug-likeness (QED) is 0.778. The van der Waals surface area contributed by atoms with Gasteiger partial charge >= 0.3 is 0 Å². The number of piperidine rings is 1. The number of nitrogens with zero attached hydrogens (tertiary/aromatic N) is 2. The highest BCUT2D eigenvalue weighted by Crippen LogP contribution is 2.29. The van der Waals surface area contributed by atoms with Gasteiger partial charge in [-0.1, -0.05) is 18.2 Å². The first-order valence-electron chi connectivity index (χ1n) is 9.19. The largest absolute Gasteiger partial charge is 0.451 e. The Bertz CT molecular complexity index is 725. The van der Waals surface area contributed by atoms with Crippen molar-refractivity contribution in [3.8, 4) is 0 Å². The van der Waals surface area contributed by atoms with E-state index in [0.29, 0.717) is 18.2 Å². The summed E-state index contributed by atoms with van der Waals surface area (Å²) in [5, 5.41) is 4.26. The number of carbonyl (C=O) groups excluding carboxylic acids is 1. The molecule has 0 bridgehead atoms. The molecule has 7 heteroatoms. The second-order valence-electron chi connectivity index (χ2n) is 7.27. The molecular weight excluding hydrogens is 385 g/mol. The zero-order chi connectivity index (χ0) is 17.8. The predicted molar refractivity (Wildman–Crippen MR) is 115 cm³/mol. The SMILES string of the molecule is CNCCC1CCN(C(=O)c2oc3ccccc3c2CN(C)C)CC1.Cl.Cl. The summed E-state index contributed by atoms with van der Waals surface area (Å²) in [6.45, 7) is 3.41. The number of amides is 1. The first-order chi connectivity index (χ1) is 12.1. The molecule has 1 aromatic heterocycles. The van der Waals surface area contributed by atoms with Crippen molar-refractivity contribution in [3.63, 3.8) is 0 Å². The summed E-state index contributed by atoms with van der Waals surface area (Å²) in [6, 6.07) is 7.93. The van der Waals surface area contributed by atoms with E-state index in [0.717, 1.165) is 49.0 Å². The smallest absolute Gasteiger partial charge is 0.289 e. The lowest BCUT2D eigenvalue weighted by atomic mass is 9.93. The second kappa shape index (κ2) is 10.9. The number of nitrogens with one attached hydrogen (secondary N) is 1. The molecule has 1 amide bonds. The Kier molecular flexibility index (Phi) is 9.60. The van der Waals surface area contributed by atoms with E-state index in [2.05, 4.69) is 10.2 Å². The van der Waals surface area contributed by atoms with Crippen molar-refractivity contribution in [1.29, 1.82) is 0 Å². The van der Waals surface area contributed by atoms with Gasteiger partial charge in [0.1, 0.15) is 5.58 Å². The summed E-state index contributed by atoms with van der Waals surface area (Å²) < 4.78 is 5.98. The van der Waals surface area contributed by atoms with Crippen molar-refractivity contribution in [2.45, 2.75) is 25.8 Å². The topological polar surface area (TPSA) is 48.7 Å². The second-order valence-corrected chi connectivity index (χ2v) is 7.27. The van der Waals surface area contributed by atoms with Crippen LogP contribution in [-0.2, 0) is 6.54 Å². The molecule has 1 saturated heterocycles. The molecule has 0 atom stereocenters. The van der Waals surface area contributed by atoms with Crippen LogP contribution in [0.5, 0.6) is 0 Å². The number of benzene rings is 1. The average molecular weight is 416 g/mol. The van der Waals surface area contributed by atoms with Crippen LogP contribution in [0.25, 0.3) is 11.0 Å². The highest BCUT2D eigenvalue weighted by atomic mass is 35.5. The van der Waals surface area contributed by atoms with E-state index in [-0.39, 0.29) is 30.7 Å². The highest BCUT2D eigenvalue weighted by Gasteiger charge is 2.28. The van der Waals surface area contributed by atoms with Crippen LogP contribution in [0.2, 0.25) is 0 Å². The number of likely N-dealkylation sites (tertiary alicyclic amines) is 1. The van der Waals surface area contributed by atoms with Gasteiger partial charge < -0.3 is 19.5 Å². The number of fused-ring (bicyclic) bond motifs is 1. The van der Waals surface area contributed by atoms with Crippen LogP contribution >= 0.6 is 24.8 Å². The molecule has 0 aliphatic carbocycles. The Hall–Kier alpha value is -1.27. The summed E-state index contributed by atoms with van der Waals surface area (Å²) in [5.41, 5.74) is 1.80. The van der Waals surface area contributed by atoms with Crippen molar-refractivity contribution in [3.05, 3.63) is 35.6 Å². The minimum atomic E-state index is 0. The minimum absolute atomic E-state index is 0. The fourth-order valence-corrected chi connectivity index (χ4v) is 3.66. The van der Waals surface area contributed by atoms with E-state index in [1.165, 1.54) is 6.42 Å². The van der Waals surface area contributed by atoms with E-state index in [1.807, 2.05) is 50.3 Å². The molecule has 27 heavy (non-hydrogen) atoms. The van der Waals surface area contributed by atoms with E-state index in [9.17, 15) is 4.79 Å². The Balaban J connectivity index is 0.00000182. The molecule has 1 aromatic carbocycles. The maximum Gasteiger partial charge on any atom is 0.289 e. The normalized spacial score (nSPS) is 14.9. The molecule has 1 N–H and O–H groups in total. The van der Waals surface area contributed by atoms with Gasteiger partial charge in [0.05, 0.1) is 0 Å². The fourth-order valence-electron chi connectivity index (χ4n) is 3.66. The van der Waals surface area contributed by atoms with Crippen molar-refractivity contribution in [2.24, 2.45) is 5.92 Å². The number of rotatable bonds is 6. The summed E-state index contributed by atoms with van der Waals surface area (Å²) in [4.78, 5) is 17.1. The van der Waals surface area contributed by atoms with Crippen molar-refractivity contribution in [2.75, 3.05) is 40.8 Å². The molecular formula is C20H31Cl2N3O2. The maximum atomic E-state index is 13.1. The summed E-state index contributed by atoms with van der Waals surface area (Å²) in [5.74, 6) is 1.28. The van der Waals surface area contributed by atoms with Crippen molar-refractivity contribution >= 4 is 41.7 Å². The third-order valence-electron chi connectivity index (χ3n) is 5.07. The maximum absolute atomic E-state index is 13.1. The fraction of sp³-hybridized carbons (Fsp3) is 0.550. The molecule has 152 valence electrons. The molecule has 0 radical (unpaired) electrons. The zero-order valence-corrected chi connectivity index (χ0v) is 18.0. The number of hydrogen-bond acceptors (Lipinski definition) is 4. The molecule has 0 saturated carbocycles. The third-order valence-corrected chi connectivity index (χ3v) is 5.07. The van der Waals surface area contributed by atoms with Crippen LogP contribution in [0.3, 0.4) is 0 Å². The lowest BCUT2D eigenvalue weighted by molar-refractivity contribution is 0.0655. The summed E-state index contributed by atoms with van der Waals surface area (Å²) in [7, 11) is 6.03. The standard InChI is InChI=1S/C20H29N3O2.2ClH/c1-21-11-8-15-9-12-23(13-10-15)20(24)19-17(14-22(2)3)16-6-4-5-7-18(16)25-19;;/h4-7,15,21H,8-14H2,1-3H3;2*1H. The summed E-state index contributed by atoms with van der Waals surface area (Å²) in [6.07, 6.45) is 3.35. The van der Waals surface area contributed by atoms with Gasteiger partial charge in [-0.15, -0.1) is 24.8 Å². The van der Waals surface area contributed by atoms with Crippen molar-refractivity contribution in [1.82, 2.24) is 15.1 Å². The molecule has 0 unspecified atom stereocenters. The molecule has 3 rings (SSSR count). The minimum Gasteiger partial charge on any atom is -0.451 e. The number of halogens is 2. The van der Waals surface area contributed by atoms with Gasteiger partial charge in [-0.05, 0) is 58.9 Å². The lowest BCUT2D eigenvalue weighted by Gasteiger charge is -2.31. The first kappa shape index (κ1) is 23.8. The lowest BCUT2D eigenvalue weighted by Crippen LogP contribution is -2.39. The Morgan fingerprint density at radius 1 is 1.22 bits per heavy atom. The number of para-hydroxylation sites is 1. The van der Waals surface area contributed by atoms with E-state index in [1.54, 1.807) is 0 Å². The van der Waals surface area contributed by atoms with Gasteiger partial charge in [0.25, 0.3) is 5.91 Å². The number of hydrogen-bond donors (Lipinski definition) is 1. The van der Waals surface area contributed by atoms with Crippen LogP contribution in [0.4, 0.5) is 0 Å². The van der Waals surface area contributed by atoms with E-state index >= 15 is 0 Å². The van der Waals surface area contributed by atoms with Crippen LogP contribution in [0.15, 0.2) is 28.7 Å². The molecule has 2 heterocycles. The van der Waals surface area contributed by atoms with Crippen LogP contribution in [0.1, 0.15) is 35.4 Å². The Morgan fingerprint density at radius 2 is 1.89 bits per heavy atom. The van der Waals surface area contributed by atoms with Gasteiger partial charge in [-0.3, -0.25) is 4.79 Å². The number of furan rings is 1. The van der Waals surface area contributed by atoms with Gasteiger partial charge in [-0.25, -0.2) is 0 Å². The van der Waals surface area contributed by atoms with Gasteiger partial charge in [-0.2, -0.15) is 0 Å². The molecule has 2 aromatic rings. The summed E-state index contributed by atoms with van der Waals surface area (Å²) >= 11 is 0. The van der Waals surface area contributed by atoms with Crippen LogP contribution in [0, 0.1) is 5.92 Å². The monoisotopic (exact) mass is 415 g/mol. The van der Waals surface area contributed by atoms with Gasteiger partial charge in [0.2, 0.25) is 0 Å². The Labute approximate surface area is 174 Å². The highest BCUT2D eigenvalue weighted by molar-refractivity contribution is 5.99. The van der Waals surface area contributed by atoms with Crippen LogP contribution in [-0.4, -0.2) is 56.5 Å². The van der Waals surface area contributed by atoms with Gasteiger partial charge in [0.15, 0.2) is 5.76 Å². The third kappa shape index (κ3) is 5.61. The van der Waals surface area contributed by atoms with Crippen LogP contribution < -0.4 is 5.32 Å². The van der Waals surface area contributed by atoms with Crippen molar-refractivity contribution < 1.29 is 9.21 Å². The molecule has 5 nitrogen and oxygen atoms in total. The predicted octanol–water partition coefficient (Wildman–Crippen LogP) is 3.80. The molecule has 1 aliphatic heterocycles.